The fourth-order valence-corrected chi connectivity index (χ4v) is 3.36. The Labute approximate surface area is 163 Å². The number of aromatic nitrogens is 1. The summed E-state index contributed by atoms with van der Waals surface area (Å²) >= 11 is 1.59. The minimum atomic E-state index is -0.208. The van der Waals surface area contributed by atoms with Crippen LogP contribution in [0.1, 0.15) is 42.2 Å². The molecule has 3 aromatic rings. The summed E-state index contributed by atoms with van der Waals surface area (Å²) in [6.07, 6.45) is 2.65. The zero-order valence-electron chi connectivity index (χ0n) is 15.4. The van der Waals surface area contributed by atoms with Crippen molar-refractivity contribution in [2.75, 3.05) is 12.3 Å². The topological polar surface area (TPSA) is 77.2 Å². The fourth-order valence-electron chi connectivity index (χ4n) is 2.73. The molecule has 0 radical (unpaired) electrons. The minimum Gasteiger partial charge on any atom is -0.493 e. The van der Waals surface area contributed by atoms with Crippen molar-refractivity contribution in [1.29, 1.82) is 0 Å². The lowest BCUT2D eigenvalue weighted by Gasteiger charge is -2.17. The average molecular weight is 382 g/mol. The van der Waals surface area contributed by atoms with Crippen LogP contribution in [0.15, 0.2) is 54.0 Å². The second kappa shape index (κ2) is 8.68. The van der Waals surface area contributed by atoms with E-state index in [0.717, 1.165) is 22.6 Å². The number of amides is 1. The maximum atomic E-state index is 12.8. The smallest absolute Gasteiger partial charge is 0.255 e. The Hall–Kier alpha value is -2.86. The third-order valence-electron chi connectivity index (χ3n) is 4.12. The lowest BCUT2D eigenvalue weighted by Crippen LogP contribution is -2.27. The van der Waals surface area contributed by atoms with Crippen molar-refractivity contribution in [3.05, 3.63) is 65.2 Å². The van der Waals surface area contributed by atoms with Gasteiger partial charge in [0.15, 0.2) is 0 Å². The zero-order valence-corrected chi connectivity index (χ0v) is 16.3. The number of carbonyl (C=O) groups is 1. The number of hydrogen-bond acceptors (Lipinski definition) is 5. The number of ether oxygens (including phenoxy) is 1. The summed E-state index contributed by atoms with van der Waals surface area (Å²) < 4.78 is 5.69. The van der Waals surface area contributed by atoms with Crippen LogP contribution in [-0.2, 0) is 0 Å². The number of anilines is 1. The molecule has 0 aliphatic rings. The van der Waals surface area contributed by atoms with Crippen LogP contribution >= 0.6 is 11.3 Å². The van der Waals surface area contributed by atoms with Crippen molar-refractivity contribution in [2.45, 2.75) is 26.3 Å². The Bertz CT molecular complexity index is 910. The average Bonchev–Trinajstić information content (AvgIpc) is 3.22. The summed E-state index contributed by atoms with van der Waals surface area (Å²) in [5.74, 6) is 0.341. The van der Waals surface area contributed by atoms with E-state index < -0.39 is 0 Å². The summed E-state index contributed by atoms with van der Waals surface area (Å²) in [4.78, 5) is 17.2. The predicted molar refractivity (Wildman–Crippen MR) is 110 cm³/mol. The molecule has 0 aliphatic heterocycles. The zero-order chi connectivity index (χ0) is 19.2. The van der Waals surface area contributed by atoms with Crippen molar-refractivity contribution in [3.63, 3.8) is 0 Å². The second-order valence-corrected chi connectivity index (χ2v) is 7.16. The molecule has 0 spiro atoms. The Balaban J connectivity index is 1.78. The number of nitrogens with one attached hydrogen (secondary N) is 1. The van der Waals surface area contributed by atoms with Crippen molar-refractivity contribution in [1.82, 2.24) is 10.3 Å². The summed E-state index contributed by atoms with van der Waals surface area (Å²) in [5.41, 5.74) is 8.90. The summed E-state index contributed by atoms with van der Waals surface area (Å²) in [6, 6.07) is 13.0. The van der Waals surface area contributed by atoms with Gasteiger partial charge in [-0.15, -0.1) is 11.3 Å². The highest BCUT2D eigenvalue weighted by Crippen LogP contribution is 2.26. The molecule has 0 aliphatic carbocycles. The Morgan fingerprint density at radius 3 is 2.89 bits per heavy atom. The molecule has 0 saturated carbocycles. The molecule has 5 nitrogen and oxygen atoms in total. The first kappa shape index (κ1) is 18.9. The Morgan fingerprint density at radius 2 is 2.15 bits per heavy atom. The van der Waals surface area contributed by atoms with Crippen LogP contribution in [0.2, 0.25) is 0 Å². The Kier molecular flexibility index (Phi) is 6.08. The number of benzene rings is 2. The van der Waals surface area contributed by atoms with E-state index in [9.17, 15) is 4.79 Å². The van der Waals surface area contributed by atoms with Crippen LogP contribution in [0.4, 0.5) is 5.69 Å². The van der Waals surface area contributed by atoms with E-state index in [4.69, 9.17) is 10.5 Å². The molecule has 27 heavy (non-hydrogen) atoms. The number of nitrogens with zero attached hydrogens (tertiary/aromatic N) is 1. The van der Waals surface area contributed by atoms with Gasteiger partial charge in [0, 0.05) is 22.8 Å². The first-order valence-electron chi connectivity index (χ1n) is 8.91. The minimum absolute atomic E-state index is 0.169. The molecule has 2 aromatic carbocycles. The number of nitrogen functional groups attached to an aromatic ring is 1. The SMILES string of the molecule is CCCOc1ccc(N)cc1C(=O)NC(C)c1cccc(-c2nccs2)c1. The molecule has 1 amide bonds. The molecule has 0 bridgehead atoms. The summed E-state index contributed by atoms with van der Waals surface area (Å²) in [7, 11) is 0. The van der Waals surface area contributed by atoms with E-state index in [0.29, 0.717) is 23.6 Å². The molecule has 140 valence electrons. The van der Waals surface area contributed by atoms with E-state index in [1.54, 1.807) is 35.7 Å². The van der Waals surface area contributed by atoms with Gasteiger partial charge in [-0.2, -0.15) is 0 Å². The maximum absolute atomic E-state index is 12.8. The normalized spacial score (nSPS) is 11.8. The first-order chi connectivity index (χ1) is 13.1. The van der Waals surface area contributed by atoms with Crippen LogP contribution < -0.4 is 15.8 Å². The highest BCUT2D eigenvalue weighted by Gasteiger charge is 2.17. The van der Waals surface area contributed by atoms with Crippen LogP contribution in [0.25, 0.3) is 10.6 Å². The monoisotopic (exact) mass is 381 g/mol. The standard InChI is InChI=1S/C21H23N3O2S/c1-3-10-26-19-8-7-17(22)13-18(19)20(25)24-14(2)15-5-4-6-16(12-15)21-23-9-11-27-21/h4-9,11-14H,3,10,22H2,1-2H3,(H,24,25). The molecule has 1 atom stereocenters. The lowest BCUT2D eigenvalue weighted by atomic mass is 10.0. The molecule has 6 heteroatoms. The van der Waals surface area contributed by atoms with Gasteiger partial charge in [-0.3, -0.25) is 4.79 Å². The quantitative estimate of drug-likeness (QED) is 0.583. The van der Waals surface area contributed by atoms with Crippen LogP contribution in [0.3, 0.4) is 0 Å². The molecular weight excluding hydrogens is 358 g/mol. The molecule has 3 rings (SSSR count). The van der Waals surface area contributed by atoms with Gasteiger partial charge < -0.3 is 15.8 Å². The molecular formula is C21H23N3O2S. The van der Waals surface area contributed by atoms with Crippen molar-refractivity contribution >= 4 is 22.9 Å². The molecule has 1 aromatic heterocycles. The van der Waals surface area contributed by atoms with Gasteiger partial charge in [0.25, 0.3) is 5.91 Å². The molecule has 0 saturated heterocycles. The van der Waals surface area contributed by atoms with Crippen LogP contribution in [0, 0.1) is 0 Å². The van der Waals surface area contributed by atoms with Crippen LogP contribution in [0.5, 0.6) is 5.75 Å². The van der Waals surface area contributed by atoms with E-state index in [1.165, 1.54) is 0 Å². The second-order valence-electron chi connectivity index (χ2n) is 6.26. The van der Waals surface area contributed by atoms with Gasteiger partial charge in [0.05, 0.1) is 18.2 Å². The van der Waals surface area contributed by atoms with Crippen LogP contribution in [-0.4, -0.2) is 17.5 Å². The molecule has 1 heterocycles. The van der Waals surface area contributed by atoms with Gasteiger partial charge >= 0.3 is 0 Å². The first-order valence-corrected chi connectivity index (χ1v) is 9.79. The summed E-state index contributed by atoms with van der Waals surface area (Å²) in [6.45, 7) is 4.53. The predicted octanol–water partition coefficient (Wildman–Crippen LogP) is 4.67. The van der Waals surface area contributed by atoms with Gasteiger partial charge in [0.2, 0.25) is 0 Å². The maximum Gasteiger partial charge on any atom is 0.255 e. The molecule has 1 unspecified atom stereocenters. The van der Waals surface area contributed by atoms with Crippen molar-refractivity contribution in [2.24, 2.45) is 0 Å². The van der Waals surface area contributed by atoms with Gasteiger partial charge in [0.1, 0.15) is 10.8 Å². The number of thiazole rings is 1. The van der Waals surface area contributed by atoms with Gasteiger partial charge in [-0.25, -0.2) is 4.98 Å². The van der Waals surface area contributed by atoms with E-state index >= 15 is 0 Å². The third kappa shape index (κ3) is 4.65. The largest absolute Gasteiger partial charge is 0.493 e. The van der Waals surface area contributed by atoms with Crippen molar-refractivity contribution in [3.8, 4) is 16.3 Å². The van der Waals surface area contributed by atoms with E-state index in [-0.39, 0.29) is 11.9 Å². The summed E-state index contributed by atoms with van der Waals surface area (Å²) in [5, 5.41) is 5.95. The molecule has 3 N–H and O–H groups in total. The highest BCUT2D eigenvalue weighted by atomic mass is 32.1. The Morgan fingerprint density at radius 1 is 1.30 bits per heavy atom. The van der Waals surface area contributed by atoms with Gasteiger partial charge in [-0.05, 0) is 43.2 Å². The number of hydrogen-bond donors (Lipinski definition) is 2. The third-order valence-corrected chi connectivity index (χ3v) is 4.95. The van der Waals surface area contributed by atoms with Gasteiger partial charge in [-0.1, -0.05) is 25.1 Å². The van der Waals surface area contributed by atoms with Crippen molar-refractivity contribution < 1.29 is 9.53 Å². The number of nitrogens with two attached hydrogens (primary N) is 1. The number of rotatable bonds is 7. The molecule has 0 fully saturated rings. The van der Waals surface area contributed by atoms with E-state index in [2.05, 4.69) is 16.4 Å². The lowest BCUT2D eigenvalue weighted by molar-refractivity contribution is 0.0936. The van der Waals surface area contributed by atoms with E-state index in [1.807, 2.05) is 37.4 Å². The fraction of sp³-hybridized carbons (Fsp3) is 0.238. The highest BCUT2D eigenvalue weighted by molar-refractivity contribution is 7.13. The number of carbonyl (C=O) groups excluding carboxylic acids is 1.